The van der Waals surface area contributed by atoms with Gasteiger partial charge in [0, 0.05) is 23.9 Å². The zero-order chi connectivity index (χ0) is 18.9. The second-order valence-electron chi connectivity index (χ2n) is 6.36. The van der Waals surface area contributed by atoms with Gasteiger partial charge in [-0.15, -0.1) is 0 Å². The number of hydrogen-bond donors (Lipinski definition) is 1. The molecule has 5 heteroatoms. The van der Waals surface area contributed by atoms with Gasteiger partial charge in [0.25, 0.3) is 0 Å². The number of ketones is 1. The van der Waals surface area contributed by atoms with Crippen LogP contribution in [-0.2, 0) is 17.6 Å². The van der Waals surface area contributed by atoms with E-state index in [9.17, 15) is 4.79 Å². The van der Waals surface area contributed by atoms with Crippen molar-refractivity contribution in [1.82, 2.24) is 0 Å². The van der Waals surface area contributed by atoms with E-state index in [0.717, 1.165) is 17.5 Å². The fraction of sp³-hybridized carbons (Fsp3) is 0.381. The van der Waals surface area contributed by atoms with Gasteiger partial charge in [-0.25, -0.2) is 0 Å². The summed E-state index contributed by atoms with van der Waals surface area (Å²) in [4.78, 5) is 12.1. The Morgan fingerprint density at radius 3 is 2.31 bits per heavy atom. The Morgan fingerprint density at radius 1 is 1.00 bits per heavy atom. The van der Waals surface area contributed by atoms with Gasteiger partial charge in [-0.05, 0) is 54.7 Å². The van der Waals surface area contributed by atoms with Crippen molar-refractivity contribution in [2.75, 3.05) is 14.2 Å². The Balaban J connectivity index is 1.76. The van der Waals surface area contributed by atoms with E-state index in [4.69, 9.17) is 26.8 Å². The van der Waals surface area contributed by atoms with Crippen molar-refractivity contribution in [2.24, 2.45) is 5.73 Å². The van der Waals surface area contributed by atoms with E-state index in [1.54, 1.807) is 14.2 Å². The van der Waals surface area contributed by atoms with Gasteiger partial charge in [-0.1, -0.05) is 29.8 Å². The van der Waals surface area contributed by atoms with Crippen LogP contribution in [0, 0.1) is 0 Å². The summed E-state index contributed by atoms with van der Waals surface area (Å²) in [5.41, 5.74) is 8.40. The first-order chi connectivity index (χ1) is 12.5. The average Bonchev–Trinajstić information content (AvgIpc) is 2.65. The molecule has 140 valence electrons. The molecule has 4 nitrogen and oxygen atoms in total. The van der Waals surface area contributed by atoms with Gasteiger partial charge in [-0.3, -0.25) is 4.79 Å². The van der Waals surface area contributed by atoms with Crippen molar-refractivity contribution in [2.45, 2.75) is 38.1 Å². The highest BCUT2D eigenvalue weighted by molar-refractivity contribution is 6.30. The second kappa shape index (κ2) is 10.2. The minimum absolute atomic E-state index is 0.0624. The van der Waals surface area contributed by atoms with E-state index in [1.807, 2.05) is 42.5 Å². The first-order valence-electron chi connectivity index (χ1n) is 8.74. The Labute approximate surface area is 160 Å². The summed E-state index contributed by atoms with van der Waals surface area (Å²) in [5.74, 6) is 1.63. The lowest BCUT2D eigenvalue weighted by molar-refractivity contribution is -0.119. The molecule has 2 aromatic carbocycles. The topological polar surface area (TPSA) is 61.5 Å². The summed E-state index contributed by atoms with van der Waals surface area (Å²) in [5, 5.41) is 0.709. The van der Waals surface area contributed by atoms with Gasteiger partial charge < -0.3 is 15.2 Å². The maximum Gasteiger partial charge on any atom is 0.160 e. The van der Waals surface area contributed by atoms with Crippen LogP contribution in [-0.4, -0.2) is 26.0 Å². The van der Waals surface area contributed by atoms with Crippen LogP contribution in [0.1, 0.15) is 30.4 Å². The zero-order valence-electron chi connectivity index (χ0n) is 15.3. The van der Waals surface area contributed by atoms with E-state index in [2.05, 4.69) is 0 Å². The zero-order valence-corrected chi connectivity index (χ0v) is 16.1. The molecule has 1 atom stereocenters. The fourth-order valence-electron chi connectivity index (χ4n) is 2.82. The van der Waals surface area contributed by atoms with Crippen LogP contribution in [0.4, 0.5) is 0 Å². The molecule has 0 heterocycles. The Morgan fingerprint density at radius 2 is 1.65 bits per heavy atom. The number of carbonyl (C=O) groups excluding carboxylic acids is 1. The number of methoxy groups -OCH3 is 2. The maximum atomic E-state index is 12.1. The van der Waals surface area contributed by atoms with Gasteiger partial charge in [0.05, 0.1) is 14.2 Å². The summed E-state index contributed by atoms with van der Waals surface area (Å²) in [7, 11) is 3.22. The molecule has 0 aliphatic heterocycles. The van der Waals surface area contributed by atoms with E-state index < -0.39 is 0 Å². The molecule has 0 amide bonds. The SMILES string of the molecule is COc1ccc(CC(N)CCC(=O)CCc2ccc(Cl)cc2)cc1OC. The highest BCUT2D eigenvalue weighted by atomic mass is 35.5. The number of Topliss-reactive ketones (excluding diaryl/α,β-unsaturated/α-hetero) is 1. The largest absolute Gasteiger partial charge is 0.493 e. The highest BCUT2D eigenvalue weighted by Crippen LogP contribution is 2.28. The van der Waals surface area contributed by atoms with Gasteiger partial charge in [-0.2, -0.15) is 0 Å². The lowest BCUT2D eigenvalue weighted by Crippen LogP contribution is -2.24. The number of halogens is 1. The van der Waals surface area contributed by atoms with Crippen molar-refractivity contribution in [3.05, 3.63) is 58.6 Å². The molecule has 0 saturated carbocycles. The van der Waals surface area contributed by atoms with Crippen molar-refractivity contribution in [3.63, 3.8) is 0 Å². The molecule has 1 unspecified atom stereocenters. The smallest absolute Gasteiger partial charge is 0.160 e. The number of carbonyl (C=O) groups is 1. The molecule has 0 fully saturated rings. The van der Waals surface area contributed by atoms with Gasteiger partial charge in [0.2, 0.25) is 0 Å². The molecule has 0 saturated heterocycles. The molecule has 0 spiro atoms. The molecule has 2 aromatic rings. The Kier molecular flexibility index (Phi) is 7.95. The van der Waals surface area contributed by atoms with Crippen LogP contribution in [0.3, 0.4) is 0 Å². The predicted octanol–water partition coefficient (Wildman–Crippen LogP) is 4.21. The van der Waals surface area contributed by atoms with Crippen LogP contribution in [0.2, 0.25) is 5.02 Å². The molecular weight excluding hydrogens is 350 g/mol. The summed E-state index contributed by atoms with van der Waals surface area (Å²) in [6.45, 7) is 0. The maximum absolute atomic E-state index is 12.1. The quantitative estimate of drug-likeness (QED) is 0.675. The van der Waals surface area contributed by atoms with Crippen molar-refractivity contribution < 1.29 is 14.3 Å². The summed E-state index contributed by atoms with van der Waals surface area (Å²) >= 11 is 5.87. The number of aryl methyl sites for hydroxylation is 1. The molecule has 26 heavy (non-hydrogen) atoms. The first-order valence-corrected chi connectivity index (χ1v) is 9.12. The number of hydrogen-bond acceptors (Lipinski definition) is 4. The molecule has 0 aliphatic rings. The number of rotatable bonds is 10. The number of ether oxygens (including phenoxy) is 2. The summed E-state index contributed by atoms with van der Waals surface area (Å²) in [6, 6.07) is 13.3. The number of benzene rings is 2. The number of nitrogens with two attached hydrogens (primary N) is 1. The molecule has 0 radical (unpaired) electrons. The molecule has 0 aromatic heterocycles. The van der Waals surface area contributed by atoms with Gasteiger partial charge >= 0.3 is 0 Å². The van der Waals surface area contributed by atoms with Gasteiger partial charge in [0.15, 0.2) is 11.5 Å². The third-order valence-corrected chi connectivity index (χ3v) is 4.60. The molecule has 2 N–H and O–H groups in total. The molecule has 0 bridgehead atoms. The van der Waals surface area contributed by atoms with Crippen LogP contribution >= 0.6 is 11.6 Å². The van der Waals surface area contributed by atoms with E-state index in [-0.39, 0.29) is 11.8 Å². The van der Waals surface area contributed by atoms with Crippen LogP contribution in [0.15, 0.2) is 42.5 Å². The van der Waals surface area contributed by atoms with E-state index in [1.165, 1.54) is 0 Å². The predicted molar refractivity (Wildman–Crippen MR) is 105 cm³/mol. The third-order valence-electron chi connectivity index (χ3n) is 4.35. The lowest BCUT2D eigenvalue weighted by Gasteiger charge is -2.13. The Hall–Kier alpha value is -2.04. The first kappa shape index (κ1) is 20.3. The molecule has 0 aliphatic carbocycles. The summed E-state index contributed by atoms with van der Waals surface area (Å²) in [6.07, 6.45) is 3.15. The lowest BCUT2D eigenvalue weighted by atomic mass is 9.99. The van der Waals surface area contributed by atoms with Crippen LogP contribution in [0.25, 0.3) is 0 Å². The second-order valence-corrected chi connectivity index (χ2v) is 6.79. The van der Waals surface area contributed by atoms with Crippen molar-refractivity contribution >= 4 is 17.4 Å². The third kappa shape index (κ3) is 6.36. The van der Waals surface area contributed by atoms with Crippen LogP contribution < -0.4 is 15.2 Å². The molecular formula is C21H26ClNO3. The van der Waals surface area contributed by atoms with Crippen LogP contribution in [0.5, 0.6) is 11.5 Å². The summed E-state index contributed by atoms with van der Waals surface area (Å²) < 4.78 is 10.5. The standard InChI is InChI=1S/C21H26ClNO3/c1-25-20-12-6-16(14-21(20)26-2)13-18(23)9-11-19(24)10-5-15-3-7-17(22)8-4-15/h3-4,6-8,12,14,18H,5,9-11,13,23H2,1-2H3. The minimum atomic E-state index is -0.0624. The van der Waals surface area contributed by atoms with Crippen molar-refractivity contribution in [3.8, 4) is 11.5 Å². The minimum Gasteiger partial charge on any atom is -0.493 e. The highest BCUT2D eigenvalue weighted by Gasteiger charge is 2.11. The van der Waals surface area contributed by atoms with Gasteiger partial charge in [0.1, 0.15) is 5.78 Å². The molecule has 2 rings (SSSR count). The normalized spacial score (nSPS) is 11.8. The Bertz CT molecular complexity index is 716. The fourth-order valence-corrected chi connectivity index (χ4v) is 2.94. The monoisotopic (exact) mass is 375 g/mol. The van der Waals surface area contributed by atoms with Crippen molar-refractivity contribution in [1.29, 1.82) is 0 Å². The average molecular weight is 376 g/mol. The van der Waals surface area contributed by atoms with E-state index >= 15 is 0 Å². The van der Waals surface area contributed by atoms with E-state index in [0.29, 0.717) is 42.2 Å².